The van der Waals surface area contributed by atoms with Crippen LogP contribution in [0.1, 0.15) is 78.5 Å². The molecule has 0 aliphatic carbocycles. The molecule has 0 spiro atoms. The molecular weight excluding hydrogens is 370 g/mol. The number of esters is 1. The predicted molar refractivity (Wildman–Crippen MR) is 104 cm³/mol. The van der Waals surface area contributed by atoms with Gasteiger partial charge in [0, 0.05) is 11.5 Å². The van der Waals surface area contributed by atoms with Crippen molar-refractivity contribution in [2.24, 2.45) is 0 Å². The maximum Gasteiger partial charge on any atom is 0.414 e. The molecule has 0 aromatic carbocycles. The molecule has 1 heterocycles. The van der Waals surface area contributed by atoms with E-state index in [0.717, 1.165) is 30.8 Å². The molecule has 0 bridgehead atoms. The number of unbranched alkanes of at least 4 members (excludes halogenated alkanes) is 2. The van der Waals surface area contributed by atoms with E-state index in [2.05, 4.69) is 21.6 Å². The van der Waals surface area contributed by atoms with Crippen molar-refractivity contribution in [2.75, 3.05) is 11.9 Å². The van der Waals surface area contributed by atoms with E-state index >= 15 is 0 Å². The Bertz CT molecular complexity index is 600. The van der Waals surface area contributed by atoms with Gasteiger partial charge in [-0.15, -0.1) is 0 Å². The van der Waals surface area contributed by atoms with Crippen LogP contribution in [0.15, 0.2) is 0 Å². The Kier molecular flexibility index (Phi) is 9.65. The van der Waals surface area contributed by atoms with Crippen molar-refractivity contribution in [2.45, 2.75) is 84.3 Å². The third-order valence-corrected chi connectivity index (χ3v) is 4.29. The van der Waals surface area contributed by atoms with Gasteiger partial charge < -0.3 is 14.6 Å². The van der Waals surface area contributed by atoms with E-state index in [-0.39, 0.29) is 18.2 Å². The number of aliphatic hydroxyl groups excluding tert-OH is 1. The van der Waals surface area contributed by atoms with E-state index in [9.17, 15) is 14.7 Å². The Morgan fingerprint density at radius 1 is 1.26 bits per heavy atom. The van der Waals surface area contributed by atoms with Crippen molar-refractivity contribution in [1.82, 2.24) is 9.36 Å². The van der Waals surface area contributed by atoms with Crippen LogP contribution in [-0.2, 0) is 14.3 Å². The van der Waals surface area contributed by atoms with E-state index in [1.54, 1.807) is 27.7 Å². The molecule has 8 nitrogen and oxygen atoms in total. The summed E-state index contributed by atoms with van der Waals surface area (Å²) in [5, 5.41) is 13.3. The van der Waals surface area contributed by atoms with Crippen LogP contribution < -0.4 is 5.32 Å². The largest absolute Gasteiger partial charge is 0.466 e. The molecule has 0 saturated carbocycles. The first kappa shape index (κ1) is 23.3. The molecule has 27 heavy (non-hydrogen) atoms. The summed E-state index contributed by atoms with van der Waals surface area (Å²) in [5.74, 6) is -0.664. The van der Waals surface area contributed by atoms with Crippen molar-refractivity contribution in [3.63, 3.8) is 0 Å². The number of hydrogen-bond acceptors (Lipinski definition) is 8. The zero-order chi connectivity index (χ0) is 20.4. The number of carbonyl (C=O) groups excluding carboxylic acids is 2. The van der Waals surface area contributed by atoms with Crippen LogP contribution >= 0.6 is 11.5 Å². The van der Waals surface area contributed by atoms with Gasteiger partial charge in [0.2, 0.25) is 5.13 Å². The molecule has 0 radical (unpaired) electrons. The number of nitrogens with one attached hydrogen (secondary N) is 1. The minimum Gasteiger partial charge on any atom is -0.466 e. The number of aromatic nitrogens is 2. The summed E-state index contributed by atoms with van der Waals surface area (Å²) in [7, 11) is 0. The van der Waals surface area contributed by atoms with Gasteiger partial charge in [-0.2, -0.15) is 4.37 Å². The van der Waals surface area contributed by atoms with Crippen molar-refractivity contribution in [3.05, 3.63) is 5.82 Å². The molecule has 1 rings (SSSR count). The van der Waals surface area contributed by atoms with E-state index in [1.807, 2.05) is 0 Å². The average molecular weight is 402 g/mol. The number of aliphatic hydroxyl groups is 1. The van der Waals surface area contributed by atoms with Gasteiger partial charge in [-0.05, 0) is 34.1 Å². The van der Waals surface area contributed by atoms with Gasteiger partial charge in [-0.1, -0.05) is 26.2 Å². The predicted octanol–water partition coefficient (Wildman–Crippen LogP) is 3.86. The maximum absolute atomic E-state index is 11.9. The third kappa shape index (κ3) is 9.14. The normalized spacial score (nSPS) is 13.7. The number of anilines is 1. The highest BCUT2D eigenvalue weighted by Crippen LogP contribution is 2.28. The lowest BCUT2D eigenvalue weighted by atomic mass is 9.93. The van der Waals surface area contributed by atoms with E-state index < -0.39 is 29.7 Å². The van der Waals surface area contributed by atoms with Gasteiger partial charge in [-0.3, -0.25) is 10.1 Å². The lowest BCUT2D eigenvalue weighted by molar-refractivity contribution is -0.144. The molecule has 0 aliphatic heterocycles. The minimum atomic E-state index is -0.759. The van der Waals surface area contributed by atoms with Crippen molar-refractivity contribution in [3.8, 4) is 0 Å². The third-order valence-electron chi connectivity index (χ3n) is 3.64. The van der Waals surface area contributed by atoms with Crippen LogP contribution in [0.5, 0.6) is 0 Å². The molecule has 154 valence electrons. The SMILES string of the molecule is CCCCCC(O)C(CC(=O)OCC)c1nsc(NC(=O)OC(C)(C)C)n1. The fourth-order valence-electron chi connectivity index (χ4n) is 2.43. The summed E-state index contributed by atoms with van der Waals surface area (Å²) in [6.07, 6.45) is 2.04. The summed E-state index contributed by atoms with van der Waals surface area (Å²) in [5.41, 5.74) is -0.625. The Morgan fingerprint density at radius 3 is 2.56 bits per heavy atom. The van der Waals surface area contributed by atoms with Crippen LogP contribution in [0.3, 0.4) is 0 Å². The molecule has 9 heteroatoms. The van der Waals surface area contributed by atoms with Gasteiger partial charge in [0.05, 0.1) is 25.0 Å². The lowest BCUT2D eigenvalue weighted by Gasteiger charge is -2.20. The second kappa shape index (κ2) is 11.2. The van der Waals surface area contributed by atoms with Crippen LogP contribution in [0.4, 0.5) is 9.93 Å². The van der Waals surface area contributed by atoms with E-state index in [1.165, 1.54) is 0 Å². The average Bonchev–Trinajstić information content (AvgIpc) is 2.99. The Balaban J connectivity index is 2.83. The summed E-state index contributed by atoms with van der Waals surface area (Å²) < 4.78 is 14.4. The van der Waals surface area contributed by atoms with Gasteiger partial charge in [0.25, 0.3) is 0 Å². The van der Waals surface area contributed by atoms with Gasteiger partial charge in [-0.25, -0.2) is 9.78 Å². The monoisotopic (exact) mass is 401 g/mol. The number of nitrogens with zero attached hydrogens (tertiary/aromatic N) is 2. The molecule has 2 N–H and O–H groups in total. The molecule has 2 atom stereocenters. The van der Waals surface area contributed by atoms with Gasteiger partial charge in [0.1, 0.15) is 5.60 Å². The summed E-state index contributed by atoms with van der Waals surface area (Å²) in [6, 6.07) is 0. The Hall–Kier alpha value is -1.74. The standard InChI is InChI=1S/C18H31N3O5S/c1-6-8-9-10-13(22)12(11-14(23)25-7-2)15-19-16(27-21-15)20-17(24)26-18(3,4)5/h12-13,22H,6-11H2,1-5H3,(H,19,20,21,24). The van der Waals surface area contributed by atoms with Crippen LogP contribution in [0.2, 0.25) is 0 Å². The fraction of sp³-hybridized carbons (Fsp3) is 0.778. The topological polar surface area (TPSA) is 111 Å². The summed E-state index contributed by atoms with van der Waals surface area (Å²) >= 11 is 0.982. The zero-order valence-electron chi connectivity index (χ0n) is 16.8. The first-order chi connectivity index (χ1) is 12.7. The highest BCUT2D eigenvalue weighted by Gasteiger charge is 2.29. The number of amides is 1. The number of ether oxygens (including phenoxy) is 2. The molecule has 0 aliphatic rings. The molecule has 1 aromatic heterocycles. The number of hydrogen-bond donors (Lipinski definition) is 2. The second-order valence-electron chi connectivity index (χ2n) is 7.26. The second-order valence-corrected chi connectivity index (χ2v) is 8.02. The van der Waals surface area contributed by atoms with Crippen LogP contribution in [-0.4, -0.2) is 44.8 Å². The van der Waals surface area contributed by atoms with Crippen LogP contribution in [0.25, 0.3) is 0 Å². The van der Waals surface area contributed by atoms with E-state index in [0.29, 0.717) is 12.2 Å². The highest BCUT2D eigenvalue weighted by molar-refractivity contribution is 7.09. The quantitative estimate of drug-likeness (QED) is 0.452. The molecule has 1 aromatic rings. The minimum absolute atomic E-state index is 0.0102. The van der Waals surface area contributed by atoms with Crippen molar-refractivity contribution >= 4 is 28.7 Å². The molecule has 0 fully saturated rings. The van der Waals surface area contributed by atoms with Crippen molar-refractivity contribution in [1.29, 1.82) is 0 Å². The molecule has 0 saturated heterocycles. The van der Waals surface area contributed by atoms with E-state index in [4.69, 9.17) is 9.47 Å². The Morgan fingerprint density at radius 2 is 1.96 bits per heavy atom. The molecule has 1 amide bonds. The Labute approximate surface area is 164 Å². The first-order valence-electron chi connectivity index (χ1n) is 9.33. The highest BCUT2D eigenvalue weighted by atomic mass is 32.1. The van der Waals surface area contributed by atoms with Crippen LogP contribution in [0, 0.1) is 0 Å². The smallest absolute Gasteiger partial charge is 0.414 e. The fourth-order valence-corrected chi connectivity index (χ4v) is 3.05. The summed E-state index contributed by atoms with van der Waals surface area (Å²) in [6.45, 7) is 9.38. The number of carbonyl (C=O) groups is 2. The maximum atomic E-state index is 11.9. The van der Waals surface area contributed by atoms with Crippen molar-refractivity contribution < 1.29 is 24.2 Å². The van der Waals surface area contributed by atoms with Gasteiger partial charge in [0.15, 0.2) is 5.82 Å². The number of rotatable bonds is 10. The first-order valence-corrected chi connectivity index (χ1v) is 10.1. The zero-order valence-corrected chi connectivity index (χ0v) is 17.6. The molecule has 2 unspecified atom stereocenters. The summed E-state index contributed by atoms with van der Waals surface area (Å²) in [4.78, 5) is 28.1. The van der Waals surface area contributed by atoms with Gasteiger partial charge >= 0.3 is 12.1 Å². The lowest BCUT2D eigenvalue weighted by Crippen LogP contribution is -2.27. The molecular formula is C18H31N3O5S.